The van der Waals surface area contributed by atoms with E-state index in [4.69, 9.17) is 10.2 Å². The Bertz CT molecular complexity index is 479. The number of amides is 1. The van der Waals surface area contributed by atoms with Gasteiger partial charge in [0.05, 0.1) is 0 Å². The Kier molecular flexibility index (Phi) is 5.28. The van der Waals surface area contributed by atoms with E-state index in [0.29, 0.717) is 0 Å². The Morgan fingerprint density at radius 3 is 2.00 bits per heavy atom. The van der Waals surface area contributed by atoms with E-state index in [9.17, 15) is 14.4 Å². The van der Waals surface area contributed by atoms with Crippen molar-refractivity contribution in [2.75, 3.05) is 13.1 Å². The van der Waals surface area contributed by atoms with Crippen molar-refractivity contribution in [3.63, 3.8) is 0 Å². The van der Waals surface area contributed by atoms with Gasteiger partial charge in [0.15, 0.2) is 0 Å². The van der Waals surface area contributed by atoms with E-state index >= 15 is 0 Å². The van der Waals surface area contributed by atoms with Gasteiger partial charge in [0.25, 0.3) is 0 Å². The molecule has 0 aromatic heterocycles. The highest BCUT2D eigenvalue weighted by molar-refractivity contribution is 5.95. The van der Waals surface area contributed by atoms with Crippen LogP contribution in [0.5, 0.6) is 0 Å². The van der Waals surface area contributed by atoms with Gasteiger partial charge in [-0.05, 0) is 11.6 Å². The summed E-state index contributed by atoms with van der Waals surface area (Å²) >= 11 is 0. The van der Waals surface area contributed by atoms with Crippen molar-refractivity contribution in [3.05, 3.63) is 42.0 Å². The fourth-order valence-corrected chi connectivity index (χ4v) is 1.38. The predicted molar refractivity (Wildman–Crippen MR) is 67.3 cm³/mol. The Morgan fingerprint density at radius 2 is 1.53 bits per heavy atom. The third-order valence-electron chi connectivity index (χ3n) is 2.18. The number of hydrogen-bond donors (Lipinski definition) is 2. The van der Waals surface area contributed by atoms with Crippen molar-refractivity contribution in [2.24, 2.45) is 0 Å². The van der Waals surface area contributed by atoms with Gasteiger partial charge < -0.3 is 15.1 Å². The molecule has 0 aliphatic rings. The average molecular weight is 263 g/mol. The smallest absolute Gasteiger partial charge is 0.323 e. The van der Waals surface area contributed by atoms with E-state index in [1.54, 1.807) is 24.3 Å². The van der Waals surface area contributed by atoms with E-state index in [-0.39, 0.29) is 0 Å². The van der Waals surface area contributed by atoms with Crippen LogP contribution in [0.25, 0.3) is 6.08 Å². The molecule has 6 heteroatoms. The number of carboxylic acids is 2. The monoisotopic (exact) mass is 263 g/mol. The second-order valence-electron chi connectivity index (χ2n) is 3.73. The number of rotatable bonds is 6. The minimum absolute atomic E-state index is 0.649. The van der Waals surface area contributed by atoms with E-state index in [1.165, 1.54) is 6.08 Å². The van der Waals surface area contributed by atoms with Gasteiger partial charge in [0, 0.05) is 6.08 Å². The van der Waals surface area contributed by atoms with Crippen molar-refractivity contribution >= 4 is 23.9 Å². The second-order valence-corrected chi connectivity index (χ2v) is 3.73. The summed E-state index contributed by atoms with van der Waals surface area (Å²) in [5, 5.41) is 17.2. The Hall–Kier alpha value is -2.63. The summed E-state index contributed by atoms with van der Waals surface area (Å²) < 4.78 is 0. The van der Waals surface area contributed by atoms with E-state index in [0.717, 1.165) is 16.5 Å². The maximum Gasteiger partial charge on any atom is 0.323 e. The van der Waals surface area contributed by atoms with Gasteiger partial charge in [0.2, 0.25) is 5.91 Å². The zero-order valence-corrected chi connectivity index (χ0v) is 10.0. The van der Waals surface area contributed by atoms with Crippen molar-refractivity contribution in [1.29, 1.82) is 0 Å². The molecule has 0 saturated carbocycles. The van der Waals surface area contributed by atoms with Crippen LogP contribution in [0.3, 0.4) is 0 Å². The minimum atomic E-state index is -1.26. The maximum atomic E-state index is 11.7. The average Bonchev–Trinajstić information content (AvgIpc) is 2.35. The van der Waals surface area contributed by atoms with Gasteiger partial charge in [-0.3, -0.25) is 14.4 Å². The molecular weight excluding hydrogens is 250 g/mol. The molecule has 1 amide bonds. The molecule has 100 valence electrons. The van der Waals surface area contributed by atoms with Gasteiger partial charge in [-0.15, -0.1) is 0 Å². The normalized spacial score (nSPS) is 10.3. The molecule has 19 heavy (non-hydrogen) atoms. The first kappa shape index (κ1) is 14.4. The number of carboxylic acid groups (broad SMARTS) is 2. The largest absolute Gasteiger partial charge is 0.480 e. The number of aliphatic carboxylic acids is 2. The lowest BCUT2D eigenvalue weighted by molar-refractivity contribution is -0.147. The van der Waals surface area contributed by atoms with Crippen LogP contribution in [0.2, 0.25) is 0 Å². The Labute approximate surface area is 109 Å². The lowest BCUT2D eigenvalue weighted by atomic mass is 10.2. The van der Waals surface area contributed by atoms with Gasteiger partial charge in [-0.1, -0.05) is 30.3 Å². The predicted octanol–water partition coefficient (Wildman–Crippen LogP) is 0.698. The first-order chi connectivity index (χ1) is 8.99. The van der Waals surface area contributed by atoms with Gasteiger partial charge >= 0.3 is 11.9 Å². The minimum Gasteiger partial charge on any atom is -0.480 e. The number of benzene rings is 1. The second kappa shape index (κ2) is 6.95. The molecule has 1 aromatic carbocycles. The van der Waals surface area contributed by atoms with Crippen LogP contribution in [0.1, 0.15) is 5.56 Å². The van der Waals surface area contributed by atoms with Gasteiger partial charge in [-0.2, -0.15) is 0 Å². The fraction of sp³-hybridized carbons (Fsp3) is 0.154. The van der Waals surface area contributed by atoms with Crippen LogP contribution in [0.4, 0.5) is 0 Å². The number of nitrogens with zero attached hydrogens (tertiary/aromatic N) is 1. The summed E-state index contributed by atoms with van der Waals surface area (Å²) in [5.74, 6) is -3.18. The summed E-state index contributed by atoms with van der Waals surface area (Å²) in [6.07, 6.45) is 2.65. The summed E-state index contributed by atoms with van der Waals surface area (Å²) in [7, 11) is 0. The van der Waals surface area contributed by atoms with Crippen LogP contribution in [-0.2, 0) is 14.4 Å². The molecule has 0 heterocycles. The molecule has 0 unspecified atom stereocenters. The molecule has 1 rings (SSSR count). The van der Waals surface area contributed by atoms with Crippen LogP contribution in [0.15, 0.2) is 36.4 Å². The zero-order valence-electron chi connectivity index (χ0n) is 10.0. The van der Waals surface area contributed by atoms with Gasteiger partial charge in [-0.25, -0.2) is 0 Å². The van der Waals surface area contributed by atoms with Gasteiger partial charge in [0.1, 0.15) is 13.1 Å². The molecular formula is C13H13NO5. The quantitative estimate of drug-likeness (QED) is 0.736. The van der Waals surface area contributed by atoms with Crippen LogP contribution < -0.4 is 0 Å². The number of carbonyl (C=O) groups is 3. The highest BCUT2D eigenvalue weighted by Crippen LogP contribution is 2.02. The molecule has 0 fully saturated rings. The standard InChI is InChI=1S/C13H13NO5/c15-11(7-6-10-4-2-1-3-5-10)14(8-12(16)17)9-13(18)19/h1-7H,8-9H2,(H,16,17)(H,18,19)/b7-6+. The third-order valence-corrected chi connectivity index (χ3v) is 2.18. The molecule has 1 aromatic rings. The number of carbonyl (C=O) groups excluding carboxylic acids is 1. The van der Waals surface area contributed by atoms with E-state index in [2.05, 4.69) is 0 Å². The Morgan fingerprint density at radius 1 is 1.00 bits per heavy atom. The first-order valence-electron chi connectivity index (χ1n) is 5.44. The maximum absolute atomic E-state index is 11.7. The van der Waals surface area contributed by atoms with Crippen LogP contribution >= 0.6 is 0 Å². The van der Waals surface area contributed by atoms with Crippen molar-refractivity contribution in [2.45, 2.75) is 0 Å². The molecule has 0 aliphatic heterocycles. The summed E-state index contributed by atoms with van der Waals surface area (Å²) in [6.45, 7) is -1.30. The zero-order chi connectivity index (χ0) is 14.3. The summed E-state index contributed by atoms with van der Waals surface area (Å²) in [6, 6.07) is 8.93. The lowest BCUT2D eigenvalue weighted by Crippen LogP contribution is -2.38. The molecule has 0 aliphatic carbocycles. The highest BCUT2D eigenvalue weighted by Gasteiger charge is 2.17. The molecule has 2 N–H and O–H groups in total. The van der Waals surface area contributed by atoms with Crippen molar-refractivity contribution in [1.82, 2.24) is 4.90 Å². The van der Waals surface area contributed by atoms with Crippen LogP contribution in [-0.4, -0.2) is 46.0 Å². The summed E-state index contributed by atoms with van der Waals surface area (Å²) in [5.41, 5.74) is 0.765. The summed E-state index contributed by atoms with van der Waals surface area (Å²) in [4.78, 5) is 33.6. The van der Waals surface area contributed by atoms with Crippen molar-refractivity contribution in [3.8, 4) is 0 Å². The topological polar surface area (TPSA) is 94.9 Å². The fourth-order valence-electron chi connectivity index (χ4n) is 1.38. The molecule has 0 spiro atoms. The van der Waals surface area contributed by atoms with E-state index in [1.807, 2.05) is 6.07 Å². The first-order valence-corrected chi connectivity index (χ1v) is 5.44. The molecule has 0 radical (unpaired) electrons. The number of hydrogen-bond acceptors (Lipinski definition) is 3. The van der Waals surface area contributed by atoms with E-state index < -0.39 is 30.9 Å². The molecule has 0 bridgehead atoms. The molecule has 6 nitrogen and oxygen atoms in total. The van der Waals surface area contributed by atoms with Crippen LogP contribution in [0, 0.1) is 0 Å². The van der Waals surface area contributed by atoms with Crippen molar-refractivity contribution < 1.29 is 24.6 Å². The lowest BCUT2D eigenvalue weighted by Gasteiger charge is -2.16. The molecule has 0 atom stereocenters. The third kappa shape index (κ3) is 5.49. The highest BCUT2D eigenvalue weighted by atomic mass is 16.4. The molecule has 0 saturated heterocycles. The SMILES string of the molecule is O=C(O)CN(CC(=O)O)C(=O)/C=C/c1ccccc1. The Balaban J connectivity index is 2.73.